The minimum absolute atomic E-state index is 0.120. The van der Waals surface area contributed by atoms with Gasteiger partial charge >= 0.3 is 5.97 Å². The van der Waals surface area contributed by atoms with Gasteiger partial charge in [0, 0.05) is 6.54 Å². The zero-order chi connectivity index (χ0) is 17.7. The van der Waals surface area contributed by atoms with E-state index in [1.807, 2.05) is 13.8 Å². The van der Waals surface area contributed by atoms with E-state index in [2.05, 4.69) is 21.2 Å². The third-order valence-corrected chi connectivity index (χ3v) is 3.91. The van der Waals surface area contributed by atoms with Crippen molar-refractivity contribution in [2.24, 2.45) is 11.8 Å². The number of nitro groups is 1. The quantitative estimate of drug-likeness (QED) is 0.549. The van der Waals surface area contributed by atoms with Gasteiger partial charge in [-0.3, -0.25) is 19.7 Å². The van der Waals surface area contributed by atoms with Gasteiger partial charge in [0.05, 0.1) is 22.5 Å². The van der Waals surface area contributed by atoms with E-state index >= 15 is 0 Å². The first-order valence-electron chi connectivity index (χ1n) is 6.77. The van der Waals surface area contributed by atoms with Crippen LogP contribution in [0.25, 0.3) is 0 Å². The van der Waals surface area contributed by atoms with Crippen LogP contribution in [0.5, 0.6) is 0 Å². The van der Waals surface area contributed by atoms with Crippen LogP contribution in [0, 0.1) is 27.8 Å². The van der Waals surface area contributed by atoms with E-state index in [-0.39, 0.29) is 22.5 Å². The Morgan fingerprint density at radius 3 is 2.52 bits per heavy atom. The largest absolute Gasteiger partial charge is 0.481 e. The third kappa shape index (κ3) is 5.27. The molecule has 0 saturated heterocycles. The maximum Gasteiger partial charge on any atom is 0.308 e. The Hall–Kier alpha value is -2.03. The van der Waals surface area contributed by atoms with Gasteiger partial charge in [-0.25, -0.2) is 4.39 Å². The van der Waals surface area contributed by atoms with Gasteiger partial charge in [0.25, 0.3) is 11.6 Å². The highest BCUT2D eigenvalue weighted by molar-refractivity contribution is 9.10. The summed E-state index contributed by atoms with van der Waals surface area (Å²) in [4.78, 5) is 33.2. The maximum atomic E-state index is 13.4. The molecule has 1 aromatic carbocycles. The summed E-state index contributed by atoms with van der Waals surface area (Å²) in [6, 6.07) is 1.55. The molecule has 9 heteroatoms. The predicted molar refractivity (Wildman–Crippen MR) is 83.7 cm³/mol. The molecule has 126 valence electrons. The molecule has 0 aromatic heterocycles. The van der Waals surface area contributed by atoms with Gasteiger partial charge in [-0.05, 0) is 34.3 Å². The topological polar surface area (TPSA) is 110 Å². The molecule has 0 radical (unpaired) electrons. The smallest absolute Gasteiger partial charge is 0.308 e. The van der Waals surface area contributed by atoms with E-state index in [0.29, 0.717) is 12.5 Å². The molecule has 0 spiro atoms. The average molecular weight is 391 g/mol. The molecule has 7 nitrogen and oxygen atoms in total. The first-order chi connectivity index (χ1) is 10.6. The zero-order valence-corrected chi connectivity index (χ0v) is 14.1. The van der Waals surface area contributed by atoms with Crippen molar-refractivity contribution >= 4 is 33.5 Å². The number of hydrogen-bond donors (Lipinski definition) is 2. The first kappa shape index (κ1) is 19.0. The molecule has 23 heavy (non-hydrogen) atoms. The number of carboxylic acid groups (broad SMARTS) is 1. The molecule has 1 amide bonds. The zero-order valence-electron chi connectivity index (χ0n) is 12.5. The molecular formula is C14H16BrFN2O5. The Labute approximate surface area is 140 Å². The van der Waals surface area contributed by atoms with Crippen molar-refractivity contribution in [2.45, 2.75) is 20.3 Å². The van der Waals surface area contributed by atoms with Crippen molar-refractivity contribution < 1.29 is 24.0 Å². The van der Waals surface area contributed by atoms with E-state index in [1.54, 1.807) is 0 Å². The lowest BCUT2D eigenvalue weighted by molar-refractivity contribution is -0.385. The number of carboxylic acids is 1. The lowest BCUT2D eigenvalue weighted by Crippen LogP contribution is -2.34. The van der Waals surface area contributed by atoms with E-state index < -0.39 is 34.2 Å². The minimum atomic E-state index is -1.05. The Kier molecular flexibility index (Phi) is 6.62. The second kappa shape index (κ2) is 8.00. The number of nitrogens with one attached hydrogen (secondary N) is 1. The van der Waals surface area contributed by atoms with E-state index in [9.17, 15) is 24.1 Å². The van der Waals surface area contributed by atoms with E-state index in [1.165, 1.54) is 0 Å². The van der Waals surface area contributed by atoms with Crippen LogP contribution in [-0.4, -0.2) is 28.5 Å². The van der Waals surface area contributed by atoms with Crippen LogP contribution in [0.15, 0.2) is 16.6 Å². The fraction of sp³-hybridized carbons (Fsp3) is 0.429. The highest BCUT2D eigenvalue weighted by atomic mass is 79.9. The number of carbonyl (C=O) groups is 2. The fourth-order valence-electron chi connectivity index (χ4n) is 2.02. The van der Waals surface area contributed by atoms with Gasteiger partial charge in [-0.2, -0.15) is 0 Å². The van der Waals surface area contributed by atoms with Crippen LogP contribution < -0.4 is 5.32 Å². The van der Waals surface area contributed by atoms with Crippen molar-refractivity contribution in [1.82, 2.24) is 5.32 Å². The summed E-state index contributed by atoms with van der Waals surface area (Å²) >= 11 is 2.91. The predicted octanol–water partition coefficient (Wildman–Crippen LogP) is 2.97. The molecule has 0 heterocycles. The van der Waals surface area contributed by atoms with Crippen molar-refractivity contribution in [3.05, 3.63) is 38.1 Å². The summed E-state index contributed by atoms with van der Waals surface area (Å²) in [7, 11) is 0. The first-order valence-corrected chi connectivity index (χ1v) is 7.57. The maximum absolute atomic E-state index is 13.4. The molecule has 0 aliphatic rings. The number of benzene rings is 1. The number of aliphatic carboxylic acids is 1. The van der Waals surface area contributed by atoms with Gasteiger partial charge in [0.15, 0.2) is 0 Å². The van der Waals surface area contributed by atoms with Gasteiger partial charge in [-0.1, -0.05) is 13.8 Å². The van der Waals surface area contributed by atoms with Crippen molar-refractivity contribution in [3.63, 3.8) is 0 Å². The Morgan fingerprint density at radius 2 is 2.04 bits per heavy atom. The number of nitro benzene ring substituents is 1. The standard InChI is InChI=1S/C14H16BrFN2O5/c1-7(2)3-8(14(20)21)6-17-13(19)10-4-9(16)5-11(12(10)15)18(22)23/h4-5,7-8H,3,6H2,1-2H3,(H,17,19)(H,20,21). The molecule has 0 aliphatic carbocycles. The SMILES string of the molecule is CC(C)CC(CNC(=O)c1cc(F)cc([N+](=O)[O-])c1Br)C(=O)O. The number of carbonyl (C=O) groups excluding carboxylic acids is 1. The number of amides is 1. The minimum Gasteiger partial charge on any atom is -0.481 e. The van der Waals surface area contributed by atoms with Gasteiger partial charge in [-0.15, -0.1) is 0 Å². The molecule has 1 atom stereocenters. The number of halogens is 2. The summed E-state index contributed by atoms with van der Waals surface area (Å²) in [5.41, 5.74) is -0.836. The molecule has 0 bridgehead atoms. The molecule has 0 saturated carbocycles. The number of hydrogen-bond acceptors (Lipinski definition) is 4. The van der Waals surface area contributed by atoms with Crippen molar-refractivity contribution in [1.29, 1.82) is 0 Å². The summed E-state index contributed by atoms with van der Waals surface area (Å²) < 4.78 is 13.3. The lowest BCUT2D eigenvalue weighted by atomic mass is 9.97. The van der Waals surface area contributed by atoms with Crippen LogP contribution >= 0.6 is 15.9 Å². The highest BCUT2D eigenvalue weighted by Gasteiger charge is 2.24. The third-order valence-electron chi connectivity index (χ3n) is 3.07. The number of rotatable bonds is 7. The van der Waals surface area contributed by atoms with Crippen molar-refractivity contribution in [2.75, 3.05) is 6.54 Å². The molecule has 0 fully saturated rings. The molecular weight excluding hydrogens is 375 g/mol. The second-order valence-electron chi connectivity index (χ2n) is 5.42. The van der Waals surface area contributed by atoms with Crippen LogP contribution in [0.2, 0.25) is 0 Å². The Morgan fingerprint density at radius 1 is 1.43 bits per heavy atom. The van der Waals surface area contributed by atoms with Gasteiger partial charge in [0.1, 0.15) is 10.3 Å². The van der Waals surface area contributed by atoms with Crippen LogP contribution in [0.4, 0.5) is 10.1 Å². The fourth-order valence-corrected chi connectivity index (χ4v) is 2.58. The normalized spacial score (nSPS) is 12.0. The van der Waals surface area contributed by atoms with E-state index in [4.69, 9.17) is 5.11 Å². The Balaban J connectivity index is 2.94. The summed E-state index contributed by atoms with van der Waals surface area (Å²) in [5.74, 6) is -3.43. The molecule has 2 N–H and O–H groups in total. The van der Waals surface area contributed by atoms with E-state index in [0.717, 1.165) is 6.07 Å². The monoisotopic (exact) mass is 390 g/mol. The lowest BCUT2D eigenvalue weighted by Gasteiger charge is -2.15. The van der Waals surface area contributed by atoms with Crippen LogP contribution in [0.1, 0.15) is 30.6 Å². The van der Waals surface area contributed by atoms with Crippen LogP contribution in [0.3, 0.4) is 0 Å². The highest BCUT2D eigenvalue weighted by Crippen LogP contribution is 2.29. The van der Waals surface area contributed by atoms with Crippen LogP contribution in [-0.2, 0) is 4.79 Å². The van der Waals surface area contributed by atoms with Gasteiger partial charge < -0.3 is 10.4 Å². The summed E-state index contributed by atoms with van der Waals surface area (Å²) in [6.07, 6.45) is 0.361. The number of nitrogens with zero attached hydrogens (tertiary/aromatic N) is 1. The summed E-state index contributed by atoms with van der Waals surface area (Å²) in [6.45, 7) is 3.55. The second-order valence-corrected chi connectivity index (χ2v) is 6.21. The Bertz CT molecular complexity index is 636. The molecule has 1 rings (SSSR count). The molecule has 0 aliphatic heterocycles. The van der Waals surface area contributed by atoms with Crippen molar-refractivity contribution in [3.8, 4) is 0 Å². The average Bonchev–Trinajstić information content (AvgIpc) is 2.44. The summed E-state index contributed by atoms with van der Waals surface area (Å²) in [5, 5.41) is 22.3. The molecule has 1 unspecified atom stereocenters. The van der Waals surface area contributed by atoms with Gasteiger partial charge in [0.2, 0.25) is 0 Å². The molecule has 1 aromatic rings.